The van der Waals surface area contributed by atoms with Crippen LogP contribution in [0.3, 0.4) is 0 Å². The first-order chi connectivity index (χ1) is 9.88. The molecule has 98 valence electrons. The smallest absolute Gasteiger partial charge is 0.119 e. The number of hydrogen-bond donors (Lipinski definition) is 0. The summed E-state index contributed by atoms with van der Waals surface area (Å²) in [7, 11) is 1.67. The van der Waals surface area contributed by atoms with Gasteiger partial charge in [0.05, 0.1) is 12.8 Å². The van der Waals surface area contributed by atoms with E-state index in [0.717, 1.165) is 28.1 Å². The van der Waals surface area contributed by atoms with Crippen LogP contribution in [0.15, 0.2) is 67.1 Å². The molecule has 0 unspecified atom stereocenters. The summed E-state index contributed by atoms with van der Waals surface area (Å²) in [5.74, 6) is 0.824. The number of rotatable bonds is 3. The third-order valence-electron chi connectivity index (χ3n) is 3.14. The summed E-state index contributed by atoms with van der Waals surface area (Å²) in [6.07, 6.45) is 3.41. The number of ether oxygens (including phenoxy) is 1. The Hall–Kier alpha value is -2.68. The van der Waals surface area contributed by atoms with E-state index in [2.05, 4.69) is 9.97 Å². The summed E-state index contributed by atoms with van der Waals surface area (Å²) < 4.78 is 5.28. The Morgan fingerprint density at radius 2 is 1.70 bits per heavy atom. The van der Waals surface area contributed by atoms with Crippen LogP contribution in [-0.2, 0) is 0 Å². The maximum Gasteiger partial charge on any atom is 0.119 e. The Bertz CT molecular complexity index is 711. The average Bonchev–Trinajstić information content (AvgIpc) is 2.56. The van der Waals surface area contributed by atoms with E-state index in [4.69, 9.17) is 4.74 Å². The van der Waals surface area contributed by atoms with Crippen molar-refractivity contribution in [1.29, 1.82) is 0 Å². The molecule has 0 saturated heterocycles. The molecule has 0 spiro atoms. The van der Waals surface area contributed by atoms with Crippen LogP contribution in [0.25, 0.3) is 22.4 Å². The zero-order valence-electron chi connectivity index (χ0n) is 11.2. The van der Waals surface area contributed by atoms with Crippen molar-refractivity contribution in [1.82, 2.24) is 9.97 Å². The predicted octanol–water partition coefficient (Wildman–Crippen LogP) is 3.82. The van der Waals surface area contributed by atoms with Gasteiger partial charge in [-0.25, -0.2) is 9.97 Å². The minimum absolute atomic E-state index is 0.824. The first-order valence-corrected chi connectivity index (χ1v) is 6.38. The normalized spacial score (nSPS) is 10.2. The molecule has 0 N–H and O–H groups in total. The van der Waals surface area contributed by atoms with Gasteiger partial charge in [-0.2, -0.15) is 0 Å². The lowest BCUT2D eigenvalue weighted by molar-refractivity contribution is 0.415. The summed E-state index contributed by atoms with van der Waals surface area (Å²) in [6, 6.07) is 18.0. The van der Waals surface area contributed by atoms with Crippen molar-refractivity contribution < 1.29 is 4.74 Å². The first-order valence-electron chi connectivity index (χ1n) is 6.38. The fourth-order valence-electron chi connectivity index (χ4n) is 2.16. The molecule has 0 aliphatic rings. The van der Waals surface area contributed by atoms with Crippen LogP contribution in [0.5, 0.6) is 5.75 Å². The standard InChI is InChI=1S/C17H14N2O/c1-20-15-9-5-8-14(10-15)16-11-18-12-19-17(16)13-6-3-2-4-7-13/h2-12H,1H3. The number of methoxy groups -OCH3 is 1. The van der Waals surface area contributed by atoms with Crippen molar-refractivity contribution in [3.05, 3.63) is 67.1 Å². The van der Waals surface area contributed by atoms with Gasteiger partial charge in [-0.3, -0.25) is 0 Å². The zero-order valence-corrected chi connectivity index (χ0v) is 11.2. The minimum Gasteiger partial charge on any atom is -0.497 e. The fraction of sp³-hybridized carbons (Fsp3) is 0.0588. The largest absolute Gasteiger partial charge is 0.497 e. The molecular formula is C17H14N2O. The second-order valence-electron chi connectivity index (χ2n) is 4.38. The van der Waals surface area contributed by atoms with E-state index in [-0.39, 0.29) is 0 Å². The second-order valence-corrected chi connectivity index (χ2v) is 4.38. The molecule has 0 amide bonds. The summed E-state index contributed by atoms with van der Waals surface area (Å²) in [5, 5.41) is 0. The van der Waals surface area contributed by atoms with Gasteiger partial charge in [-0.15, -0.1) is 0 Å². The zero-order chi connectivity index (χ0) is 13.8. The highest BCUT2D eigenvalue weighted by atomic mass is 16.5. The second kappa shape index (κ2) is 5.53. The highest BCUT2D eigenvalue weighted by molar-refractivity contribution is 5.80. The van der Waals surface area contributed by atoms with Gasteiger partial charge in [0.25, 0.3) is 0 Å². The van der Waals surface area contributed by atoms with Crippen LogP contribution < -0.4 is 4.74 Å². The Labute approximate surface area is 117 Å². The van der Waals surface area contributed by atoms with Gasteiger partial charge in [-0.1, -0.05) is 42.5 Å². The maximum atomic E-state index is 5.28. The molecule has 1 aromatic heterocycles. The molecule has 3 rings (SSSR count). The molecule has 0 aliphatic heterocycles. The van der Waals surface area contributed by atoms with Crippen LogP contribution in [0.2, 0.25) is 0 Å². The van der Waals surface area contributed by atoms with Crippen molar-refractivity contribution in [3.8, 4) is 28.1 Å². The van der Waals surface area contributed by atoms with E-state index >= 15 is 0 Å². The SMILES string of the molecule is COc1cccc(-c2cncnc2-c2ccccc2)c1. The van der Waals surface area contributed by atoms with Gasteiger partial charge in [0, 0.05) is 17.3 Å². The molecule has 1 heterocycles. The maximum absolute atomic E-state index is 5.28. The summed E-state index contributed by atoms with van der Waals surface area (Å²) in [5.41, 5.74) is 4.04. The Balaban J connectivity index is 2.15. The topological polar surface area (TPSA) is 35.0 Å². The van der Waals surface area contributed by atoms with E-state index in [1.807, 2.05) is 60.8 Å². The minimum atomic E-state index is 0.824. The van der Waals surface area contributed by atoms with E-state index in [1.54, 1.807) is 13.4 Å². The molecule has 2 aromatic carbocycles. The molecule has 0 atom stereocenters. The fourth-order valence-corrected chi connectivity index (χ4v) is 2.16. The summed E-state index contributed by atoms with van der Waals surface area (Å²) in [6.45, 7) is 0. The van der Waals surface area contributed by atoms with Crippen LogP contribution in [0, 0.1) is 0 Å². The average molecular weight is 262 g/mol. The highest BCUT2D eigenvalue weighted by Crippen LogP contribution is 2.31. The van der Waals surface area contributed by atoms with E-state index in [0.29, 0.717) is 0 Å². The van der Waals surface area contributed by atoms with E-state index in [9.17, 15) is 0 Å². The Morgan fingerprint density at radius 1 is 0.900 bits per heavy atom. The molecule has 0 saturated carbocycles. The van der Waals surface area contributed by atoms with Gasteiger partial charge in [-0.05, 0) is 17.7 Å². The molecule has 3 heteroatoms. The van der Waals surface area contributed by atoms with Gasteiger partial charge >= 0.3 is 0 Å². The molecule has 3 aromatic rings. The lowest BCUT2D eigenvalue weighted by atomic mass is 10.0. The molecule has 0 aliphatic carbocycles. The first kappa shape index (κ1) is 12.4. The molecule has 0 fully saturated rings. The van der Waals surface area contributed by atoms with Gasteiger partial charge in [0.15, 0.2) is 0 Å². The van der Waals surface area contributed by atoms with Crippen molar-refractivity contribution in [2.75, 3.05) is 7.11 Å². The highest BCUT2D eigenvalue weighted by Gasteiger charge is 2.09. The number of benzene rings is 2. The molecule has 20 heavy (non-hydrogen) atoms. The monoisotopic (exact) mass is 262 g/mol. The molecular weight excluding hydrogens is 248 g/mol. The van der Waals surface area contributed by atoms with Gasteiger partial charge in [0.1, 0.15) is 12.1 Å². The van der Waals surface area contributed by atoms with E-state index in [1.165, 1.54) is 0 Å². The lowest BCUT2D eigenvalue weighted by Gasteiger charge is -2.09. The van der Waals surface area contributed by atoms with Crippen molar-refractivity contribution in [2.24, 2.45) is 0 Å². The third-order valence-corrected chi connectivity index (χ3v) is 3.14. The van der Waals surface area contributed by atoms with Crippen molar-refractivity contribution in [3.63, 3.8) is 0 Å². The quantitative estimate of drug-likeness (QED) is 0.719. The van der Waals surface area contributed by atoms with Crippen LogP contribution >= 0.6 is 0 Å². The molecule has 3 nitrogen and oxygen atoms in total. The number of nitrogens with zero attached hydrogens (tertiary/aromatic N) is 2. The van der Waals surface area contributed by atoms with Gasteiger partial charge < -0.3 is 4.74 Å². The predicted molar refractivity (Wildman–Crippen MR) is 79.5 cm³/mol. The van der Waals surface area contributed by atoms with Gasteiger partial charge in [0.2, 0.25) is 0 Å². The molecule has 0 bridgehead atoms. The molecule has 0 radical (unpaired) electrons. The lowest BCUT2D eigenvalue weighted by Crippen LogP contribution is -1.91. The van der Waals surface area contributed by atoms with E-state index < -0.39 is 0 Å². The Morgan fingerprint density at radius 3 is 2.50 bits per heavy atom. The summed E-state index contributed by atoms with van der Waals surface area (Å²) >= 11 is 0. The number of aromatic nitrogens is 2. The van der Waals surface area contributed by atoms with Crippen LogP contribution in [-0.4, -0.2) is 17.1 Å². The Kier molecular flexibility index (Phi) is 3.42. The summed E-state index contributed by atoms with van der Waals surface area (Å²) in [4.78, 5) is 8.58. The van der Waals surface area contributed by atoms with Crippen molar-refractivity contribution >= 4 is 0 Å². The van der Waals surface area contributed by atoms with Crippen molar-refractivity contribution in [2.45, 2.75) is 0 Å². The number of hydrogen-bond acceptors (Lipinski definition) is 3. The third kappa shape index (κ3) is 2.38. The van der Waals surface area contributed by atoms with Crippen LogP contribution in [0.1, 0.15) is 0 Å². The van der Waals surface area contributed by atoms with Crippen LogP contribution in [0.4, 0.5) is 0 Å².